The summed E-state index contributed by atoms with van der Waals surface area (Å²) in [5, 5.41) is 3.42. The number of hydrogen-bond donors (Lipinski definition) is 2. The second-order valence-electron chi connectivity index (χ2n) is 7.87. The summed E-state index contributed by atoms with van der Waals surface area (Å²) in [7, 11) is 0. The molecule has 1 heterocycles. The minimum Gasteiger partial charge on any atom is -0.462 e. The molecule has 1 amide bonds. The van der Waals surface area contributed by atoms with E-state index in [1.807, 2.05) is 20.8 Å². The highest BCUT2D eigenvalue weighted by Gasteiger charge is 2.31. The Hall–Kier alpha value is -1.76. The molecule has 0 saturated heterocycles. The van der Waals surface area contributed by atoms with Crippen LogP contribution in [0.15, 0.2) is 0 Å². The molecular weight excluding hydrogens is 340 g/mol. The number of amides is 1. The molecule has 7 heteroatoms. The van der Waals surface area contributed by atoms with Crippen molar-refractivity contribution in [3.63, 3.8) is 0 Å². The number of nitrogens with two attached hydrogens (primary N) is 1. The topological polar surface area (TPSA) is 90.6 Å². The summed E-state index contributed by atoms with van der Waals surface area (Å²) < 4.78 is 10.7. The first-order valence-corrected chi connectivity index (χ1v) is 9.61. The number of nitrogens with one attached hydrogen (secondary N) is 1. The number of alkyl carbamates (subject to hydrolysis) is 1. The lowest BCUT2D eigenvalue weighted by Gasteiger charge is -2.26. The molecule has 1 aromatic heterocycles. The van der Waals surface area contributed by atoms with Crippen LogP contribution in [0.4, 0.5) is 9.80 Å². The first-order chi connectivity index (χ1) is 11.7. The van der Waals surface area contributed by atoms with Crippen molar-refractivity contribution in [3.05, 3.63) is 16.0 Å². The van der Waals surface area contributed by atoms with Crippen molar-refractivity contribution in [1.82, 2.24) is 5.32 Å². The van der Waals surface area contributed by atoms with E-state index in [-0.39, 0.29) is 12.0 Å². The van der Waals surface area contributed by atoms with Gasteiger partial charge in [-0.2, -0.15) is 0 Å². The second kappa shape index (κ2) is 6.86. The fraction of sp³-hybridized carbons (Fsp3) is 0.667. The molecule has 3 rings (SSSR count). The van der Waals surface area contributed by atoms with Crippen LogP contribution in [-0.2, 0) is 22.3 Å². The van der Waals surface area contributed by atoms with Gasteiger partial charge in [0.05, 0.1) is 12.2 Å². The van der Waals surface area contributed by atoms with Gasteiger partial charge in [0, 0.05) is 10.9 Å². The van der Waals surface area contributed by atoms with E-state index < -0.39 is 11.7 Å². The van der Waals surface area contributed by atoms with Crippen molar-refractivity contribution in [2.24, 2.45) is 5.92 Å². The highest BCUT2D eigenvalue weighted by molar-refractivity contribution is 7.16. The number of nitrogen functional groups attached to an aromatic ring is 1. The third kappa shape index (κ3) is 4.66. The Morgan fingerprint density at radius 2 is 2.00 bits per heavy atom. The summed E-state index contributed by atoms with van der Waals surface area (Å²) in [6, 6.07) is -0.0636. The molecule has 0 bridgehead atoms. The predicted octanol–water partition coefficient (Wildman–Crippen LogP) is 3.28. The summed E-state index contributed by atoms with van der Waals surface area (Å²) in [5.74, 6) is 0.182. The summed E-state index contributed by atoms with van der Waals surface area (Å²) >= 11 is 1.46. The number of anilines is 1. The number of carbonyl (C=O) groups excluding carboxylic acids is 2. The van der Waals surface area contributed by atoms with E-state index in [1.54, 1.807) is 0 Å². The standard InChI is InChI=1S/C18H26N2O4S/c1-18(2,3)24-17(22)20-11-6-7-13-12(8-11)14(15(19)25-13)16(21)23-9-10-4-5-10/h10-11H,4-9,19H2,1-3H3,(H,20,22). The van der Waals surface area contributed by atoms with Gasteiger partial charge < -0.3 is 20.5 Å². The van der Waals surface area contributed by atoms with Gasteiger partial charge >= 0.3 is 12.1 Å². The van der Waals surface area contributed by atoms with Crippen LogP contribution in [0.1, 0.15) is 60.8 Å². The van der Waals surface area contributed by atoms with Crippen LogP contribution < -0.4 is 11.1 Å². The number of carbonyl (C=O) groups is 2. The number of ether oxygens (including phenoxy) is 2. The van der Waals surface area contributed by atoms with Crippen molar-refractivity contribution >= 4 is 28.4 Å². The molecule has 2 aliphatic carbocycles. The Kier molecular flexibility index (Phi) is 4.95. The molecule has 0 aromatic carbocycles. The molecule has 0 spiro atoms. The zero-order chi connectivity index (χ0) is 18.2. The van der Waals surface area contributed by atoms with Crippen LogP contribution in [0.25, 0.3) is 0 Å². The van der Waals surface area contributed by atoms with Gasteiger partial charge in [-0.25, -0.2) is 9.59 Å². The minimum atomic E-state index is -0.533. The lowest BCUT2D eigenvalue weighted by molar-refractivity contribution is 0.0486. The largest absolute Gasteiger partial charge is 0.462 e. The number of thiophene rings is 1. The molecule has 0 radical (unpaired) electrons. The van der Waals surface area contributed by atoms with Crippen molar-refractivity contribution in [2.75, 3.05) is 12.3 Å². The van der Waals surface area contributed by atoms with Crippen molar-refractivity contribution < 1.29 is 19.1 Å². The number of esters is 1. The Balaban J connectivity index is 1.66. The molecule has 0 aliphatic heterocycles. The van der Waals surface area contributed by atoms with Gasteiger partial charge in [0.1, 0.15) is 10.6 Å². The molecular formula is C18H26N2O4S. The third-order valence-electron chi connectivity index (χ3n) is 4.36. The van der Waals surface area contributed by atoms with Gasteiger partial charge in [-0.15, -0.1) is 11.3 Å². The molecule has 1 saturated carbocycles. The molecule has 2 aliphatic rings. The van der Waals surface area contributed by atoms with E-state index in [0.717, 1.165) is 36.1 Å². The maximum absolute atomic E-state index is 12.4. The Morgan fingerprint density at radius 1 is 1.28 bits per heavy atom. The molecule has 1 unspecified atom stereocenters. The molecule has 1 aromatic rings. The van der Waals surface area contributed by atoms with E-state index in [0.29, 0.717) is 29.5 Å². The average molecular weight is 366 g/mol. The van der Waals surface area contributed by atoms with Gasteiger partial charge in [-0.1, -0.05) is 0 Å². The molecule has 1 fully saturated rings. The van der Waals surface area contributed by atoms with Gasteiger partial charge in [0.2, 0.25) is 0 Å². The average Bonchev–Trinajstić information content (AvgIpc) is 3.24. The first kappa shape index (κ1) is 18.0. The number of hydrogen-bond acceptors (Lipinski definition) is 6. The van der Waals surface area contributed by atoms with Crippen molar-refractivity contribution in [3.8, 4) is 0 Å². The van der Waals surface area contributed by atoms with Gasteiger partial charge in [-0.3, -0.25) is 0 Å². The Labute approximate surface area is 152 Å². The lowest BCUT2D eigenvalue weighted by Crippen LogP contribution is -2.41. The van der Waals surface area contributed by atoms with E-state index in [1.165, 1.54) is 11.3 Å². The SMILES string of the molecule is CC(C)(C)OC(=O)NC1CCc2sc(N)c(C(=O)OCC3CC3)c2C1. The van der Waals surface area contributed by atoms with Gasteiger partial charge in [-0.05, 0) is 64.4 Å². The Bertz CT molecular complexity index is 673. The molecule has 3 N–H and O–H groups in total. The fourth-order valence-electron chi connectivity index (χ4n) is 2.98. The summed E-state index contributed by atoms with van der Waals surface area (Å²) in [5.41, 5.74) is 6.97. The van der Waals surface area contributed by atoms with Crippen LogP contribution in [0, 0.1) is 5.92 Å². The van der Waals surface area contributed by atoms with E-state index >= 15 is 0 Å². The summed E-state index contributed by atoms with van der Waals surface area (Å²) in [4.78, 5) is 25.6. The zero-order valence-corrected chi connectivity index (χ0v) is 15.8. The van der Waals surface area contributed by atoms with Crippen LogP contribution in [0.3, 0.4) is 0 Å². The molecule has 1 atom stereocenters. The first-order valence-electron chi connectivity index (χ1n) is 8.79. The summed E-state index contributed by atoms with van der Waals surface area (Å²) in [6.45, 7) is 5.97. The van der Waals surface area contributed by atoms with Crippen LogP contribution in [0.5, 0.6) is 0 Å². The second-order valence-corrected chi connectivity index (χ2v) is 9.01. The monoisotopic (exact) mass is 366 g/mol. The number of rotatable bonds is 4. The quantitative estimate of drug-likeness (QED) is 0.798. The van der Waals surface area contributed by atoms with Gasteiger partial charge in [0.25, 0.3) is 0 Å². The van der Waals surface area contributed by atoms with Gasteiger partial charge in [0.15, 0.2) is 0 Å². The van der Waals surface area contributed by atoms with Crippen molar-refractivity contribution in [1.29, 1.82) is 0 Å². The highest BCUT2D eigenvalue weighted by Crippen LogP contribution is 2.37. The van der Waals surface area contributed by atoms with E-state index in [4.69, 9.17) is 15.2 Å². The molecule has 6 nitrogen and oxygen atoms in total. The van der Waals surface area contributed by atoms with E-state index in [9.17, 15) is 9.59 Å². The predicted molar refractivity (Wildman–Crippen MR) is 96.9 cm³/mol. The maximum Gasteiger partial charge on any atom is 0.407 e. The zero-order valence-electron chi connectivity index (χ0n) is 15.0. The summed E-state index contributed by atoms with van der Waals surface area (Å²) in [6.07, 6.45) is 4.01. The highest BCUT2D eigenvalue weighted by atomic mass is 32.1. The molecule has 138 valence electrons. The minimum absolute atomic E-state index is 0.0636. The maximum atomic E-state index is 12.4. The van der Waals surface area contributed by atoms with Crippen LogP contribution in [0.2, 0.25) is 0 Å². The fourth-order valence-corrected chi connectivity index (χ4v) is 4.08. The van der Waals surface area contributed by atoms with E-state index in [2.05, 4.69) is 5.32 Å². The molecule has 25 heavy (non-hydrogen) atoms. The number of aryl methyl sites for hydroxylation is 1. The van der Waals surface area contributed by atoms with Crippen LogP contribution >= 0.6 is 11.3 Å². The normalized spacial score (nSPS) is 19.9. The van der Waals surface area contributed by atoms with Crippen LogP contribution in [-0.4, -0.2) is 30.3 Å². The Morgan fingerprint density at radius 3 is 2.64 bits per heavy atom. The van der Waals surface area contributed by atoms with Crippen molar-refractivity contribution in [2.45, 2.75) is 64.5 Å². The third-order valence-corrected chi connectivity index (χ3v) is 5.48. The lowest BCUT2D eigenvalue weighted by atomic mass is 9.91. The smallest absolute Gasteiger partial charge is 0.407 e. The number of fused-ring (bicyclic) bond motifs is 1.